The third-order valence-corrected chi connectivity index (χ3v) is 4.40. The molecule has 6 heteroatoms. The van der Waals surface area contributed by atoms with Gasteiger partial charge in [0.05, 0.1) is 13.0 Å². The van der Waals surface area contributed by atoms with E-state index in [1.165, 1.54) is 19.2 Å². The van der Waals surface area contributed by atoms with Crippen LogP contribution in [0, 0.1) is 18.7 Å². The van der Waals surface area contributed by atoms with E-state index in [0.717, 1.165) is 11.1 Å². The molecule has 1 aromatic rings. The number of carbonyl (C=O) groups excluding carboxylic acids is 2. The predicted molar refractivity (Wildman–Crippen MR) is 91.8 cm³/mol. The molecule has 138 valence electrons. The second-order valence-corrected chi connectivity index (χ2v) is 7.45. The van der Waals surface area contributed by atoms with Crippen molar-refractivity contribution in [2.75, 3.05) is 20.2 Å². The summed E-state index contributed by atoms with van der Waals surface area (Å²) in [6, 6.07) is 4.50. The second kappa shape index (κ2) is 7.42. The van der Waals surface area contributed by atoms with Crippen molar-refractivity contribution < 1.29 is 23.5 Å². The van der Waals surface area contributed by atoms with Gasteiger partial charge in [-0.25, -0.2) is 9.18 Å². The van der Waals surface area contributed by atoms with Gasteiger partial charge in [0.1, 0.15) is 11.4 Å². The zero-order chi connectivity index (χ0) is 18.8. The van der Waals surface area contributed by atoms with Crippen LogP contribution in [0.25, 0.3) is 0 Å². The van der Waals surface area contributed by atoms with Gasteiger partial charge in [-0.15, -0.1) is 0 Å². The number of hydrogen-bond acceptors (Lipinski definition) is 4. The van der Waals surface area contributed by atoms with Crippen LogP contribution in [0.1, 0.15) is 44.2 Å². The Bertz CT molecular complexity index is 653. The Kier molecular flexibility index (Phi) is 5.70. The molecule has 0 aromatic heterocycles. The van der Waals surface area contributed by atoms with Crippen LogP contribution >= 0.6 is 0 Å². The van der Waals surface area contributed by atoms with Gasteiger partial charge in [0.2, 0.25) is 0 Å². The molecule has 0 radical (unpaired) electrons. The normalized spacial score (nSPS) is 21.0. The molecule has 0 aliphatic carbocycles. The number of ether oxygens (including phenoxy) is 2. The fourth-order valence-electron chi connectivity index (χ4n) is 3.25. The first-order valence-corrected chi connectivity index (χ1v) is 8.44. The number of esters is 1. The molecule has 0 N–H and O–H groups in total. The highest BCUT2D eigenvalue weighted by Gasteiger charge is 2.39. The summed E-state index contributed by atoms with van der Waals surface area (Å²) in [6.45, 7) is 8.00. The molecule has 0 bridgehead atoms. The van der Waals surface area contributed by atoms with Crippen molar-refractivity contribution >= 4 is 12.1 Å². The highest BCUT2D eigenvalue weighted by Crippen LogP contribution is 2.35. The Balaban J connectivity index is 2.29. The van der Waals surface area contributed by atoms with Gasteiger partial charge < -0.3 is 14.4 Å². The number of amides is 1. The lowest BCUT2D eigenvalue weighted by Crippen LogP contribution is -2.47. The zero-order valence-corrected chi connectivity index (χ0v) is 15.5. The van der Waals surface area contributed by atoms with E-state index in [1.807, 2.05) is 20.8 Å². The number of nitrogens with zero attached hydrogens (tertiary/aromatic N) is 1. The van der Waals surface area contributed by atoms with E-state index in [9.17, 15) is 14.0 Å². The summed E-state index contributed by atoms with van der Waals surface area (Å²) >= 11 is 0. The quantitative estimate of drug-likeness (QED) is 0.763. The minimum Gasteiger partial charge on any atom is -0.469 e. The molecule has 1 amide bonds. The summed E-state index contributed by atoms with van der Waals surface area (Å²) in [7, 11) is 1.36. The Morgan fingerprint density at radius 2 is 1.96 bits per heavy atom. The SMILES string of the molecule is COC(=O)[C@@H]1CCN(C(=O)OC(C)(C)C)C[C@@H]1c1ccc(F)cc1C. The van der Waals surface area contributed by atoms with Gasteiger partial charge >= 0.3 is 12.1 Å². The largest absolute Gasteiger partial charge is 0.469 e. The number of rotatable bonds is 2. The molecular formula is C19H26FNO4. The first-order valence-electron chi connectivity index (χ1n) is 8.44. The summed E-state index contributed by atoms with van der Waals surface area (Å²) in [5.41, 5.74) is 1.02. The fourth-order valence-corrected chi connectivity index (χ4v) is 3.25. The predicted octanol–water partition coefficient (Wildman–Crippen LogP) is 3.65. The molecule has 25 heavy (non-hydrogen) atoms. The standard InChI is InChI=1S/C19H26FNO4/c1-12-10-13(20)6-7-14(12)16-11-21(18(23)25-19(2,3)4)9-8-15(16)17(22)24-5/h6-7,10,15-16H,8-9,11H2,1-5H3/t15-,16-/m1/s1. The number of likely N-dealkylation sites (tertiary alicyclic amines) is 1. The number of methoxy groups -OCH3 is 1. The lowest BCUT2D eigenvalue weighted by Gasteiger charge is -2.38. The lowest BCUT2D eigenvalue weighted by atomic mass is 9.79. The van der Waals surface area contributed by atoms with Gasteiger partial charge in [-0.1, -0.05) is 6.07 Å². The summed E-state index contributed by atoms with van der Waals surface area (Å²) in [5.74, 6) is -1.25. The zero-order valence-electron chi connectivity index (χ0n) is 15.5. The van der Waals surface area contributed by atoms with Crippen molar-refractivity contribution in [3.63, 3.8) is 0 Å². The van der Waals surface area contributed by atoms with Crippen molar-refractivity contribution in [2.45, 2.75) is 45.6 Å². The van der Waals surface area contributed by atoms with Gasteiger partial charge in [-0.2, -0.15) is 0 Å². The average Bonchev–Trinajstić information content (AvgIpc) is 2.52. The summed E-state index contributed by atoms with van der Waals surface area (Å²) in [6.07, 6.45) is 0.0773. The van der Waals surface area contributed by atoms with Gasteiger partial charge in [0.15, 0.2) is 0 Å². The van der Waals surface area contributed by atoms with Crippen LogP contribution in [0.4, 0.5) is 9.18 Å². The van der Waals surface area contributed by atoms with Crippen LogP contribution in [-0.2, 0) is 14.3 Å². The maximum Gasteiger partial charge on any atom is 0.410 e. The molecule has 0 unspecified atom stereocenters. The van der Waals surface area contributed by atoms with E-state index >= 15 is 0 Å². The van der Waals surface area contributed by atoms with Crippen molar-refractivity contribution in [3.8, 4) is 0 Å². The third kappa shape index (κ3) is 4.71. The minimum absolute atomic E-state index is 0.255. The molecule has 1 saturated heterocycles. The number of aryl methyl sites for hydroxylation is 1. The maximum absolute atomic E-state index is 13.5. The Morgan fingerprint density at radius 1 is 1.28 bits per heavy atom. The van der Waals surface area contributed by atoms with Crippen molar-refractivity contribution in [1.82, 2.24) is 4.90 Å². The number of carbonyl (C=O) groups is 2. The first-order chi connectivity index (χ1) is 11.6. The van der Waals surface area contributed by atoms with Gasteiger partial charge in [-0.3, -0.25) is 4.79 Å². The van der Waals surface area contributed by atoms with Crippen LogP contribution in [0.3, 0.4) is 0 Å². The minimum atomic E-state index is -0.586. The fraction of sp³-hybridized carbons (Fsp3) is 0.579. The Labute approximate surface area is 148 Å². The molecule has 5 nitrogen and oxygen atoms in total. The van der Waals surface area contributed by atoms with E-state index in [-0.39, 0.29) is 23.6 Å². The van der Waals surface area contributed by atoms with Crippen molar-refractivity contribution in [3.05, 3.63) is 35.1 Å². The van der Waals surface area contributed by atoms with Crippen LogP contribution < -0.4 is 0 Å². The molecule has 0 spiro atoms. The van der Waals surface area contributed by atoms with E-state index in [1.54, 1.807) is 17.9 Å². The van der Waals surface area contributed by atoms with E-state index in [4.69, 9.17) is 9.47 Å². The Hall–Kier alpha value is -2.11. The molecule has 1 aliphatic rings. The topological polar surface area (TPSA) is 55.8 Å². The smallest absolute Gasteiger partial charge is 0.410 e. The molecule has 1 aromatic carbocycles. The maximum atomic E-state index is 13.5. The first kappa shape index (κ1) is 19.2. The van der Waals surface area contributed by atoms with E-state index in [0.29, 0.717) is 19.5 Å². The molecule has 1 fully saturated rings. The van der Waals surface area contributed by atoms with Crippen LogP contribution in [0.15, 0.2) is 18.2 Å². The van der Waals surface area contributed by atoms with E-state index in [2.05, 4.69) is 0 Å². The molecular weight excluding hydrogens is 325 g/mol. The molecule has 2 rings (SSSR count). The third-order valence-electron chi connectivity index (χ3n) is 4.40. The number of hydrogen-bond donors (Lipinski definition) is 0. The van der Waals surface area contributed by atoms with Crippen LogP contribution in [0.5, 0.6) is 0 Å². The van der Waals surface area contributed by atoms with E-state index < -0.39 is 11.7 Å². The lowest BCUT2D eigenvalue weighted by molar-refractivity contribution is -0.147. The number of halogens is 1. The summed E-state index contributed by atoms with van der Waals surface area (Å²) < 4.78 is 23.8. The van der Waals surface area contributed by atoms with Gasteiger partial charge in [-0.05, 0) is 57.4 Å². The number of piperidine rings is 1. The van der Waals surface area contributed by atoms with Crippen LogP contribution in [-0.4, -0.2) is 42.8 Å². The summed E-state index contributed by atoms with van der Waals surface area (Å²) in [4.78, 5) is 26.2. The summed E-state index contributed by atoms with van der Waals surface area (Å²) in [5, 5.41) is 0. The second-order valence-electron chi connectivity index (χ2n) is 7.45. The monoisotopic (exact) mass is 351 g/mol. The Morgan fingerprint density at radius 3 is 2.52 bits per heavy atom. The highest BCUT2D eigenvalue weighted by atomic mass is 19.1. The average molecular weight is 351 g/mol. The van der Waals surface area contributed by atoms with Crippen molar-refractivity contribution in [1.29, 1.82) is 0 Å². The van der Waals surface area contributed by atoms with Gasteiger partial charge in [0, 0.05) is 19.0 Å². The molecule has 1 heterocycles. The molecule has 0 saturated carbocycles. The number of benzene rings is 1. The van der Waals surface area contributed by atoms with Gasteiger partial charge in [0.25, 0.3) is 0 Å². The molecule has 2 atom stereocenters. The highest BCUT2D eigenvalue weighted by molar-refractivity contribution is 5.75. The molecule has 1 aliphatic heterocycles. The van der Waals surface area contributed by atoms with Crippen LogP contribution in [0.2, 0.25) is 0 Å². The van der Waals surface area contributed by atoms with Crippen molar-refractivity contribution in [2.24, 2.45) is 5.92 Å².